The molecule has 0 bridgehead atoms. The number of nitrogens with two attached hydrogens (primary N) is 1. The summed E-state index contributed by atoms with van der Waals surface area (Å²) in [5, 5.41) is 20.8. The summed E-state index contributed by atoms with van der Waals surface area (Å²) in [6.07, 6.45) is 2.27. The van der Waals surface area contributed by atoms with Crippen molar-refractivity contribution >= 4 is 47.3 Å². The van der Waals surface area contributed by atoms with Crippen molar-refractivity contribution in [1.82, 2.24) is 20.6 Å². The first kappa shape index (κ1) is 28.0. The number of fused-ring (bicyclic) bond motifs is 1. The summed E-state index contributed by atoms with van der Waals surface area (Å²) < 4.78 is 0. The maximum Gasteiger partial charge on any atom is 0.326 e. The van der Waals surface area contributed by atoms with Gasteiger partial charge in [0.1, 0.15) is 6.04 Å². The third-order valence-corrected chi connectivity index (χ3v) is 5.99. The molecule has 1 aliphatic heterocycles. The number of rotatable bonds is 13. The highest BCUT2D eigenvalue weighted by Crippen LogP contribution is 2.25. The number of anilines is 4. The van der Waals surface area contributed by atoms with Crippen molar-refractivity contribution < 1.29 is 24.3 Å². The molecule has 38 heavy (non-hydrogen) atoms. The van der Waals surface area contributed by atoms with E-state index in [9.17, 15) is 29.1 Å². The molecule has 1 aliphatic rings. The maximum atomic E-state index is 12.6. The van der Waals surface area contributed by atoms with Gasteiger partial charge in [-0.2, -0.15) is 4.98 Å². The van der Waals surface area contributed by atoms with Crippen LogP contribution in [0.25, 0.3) is 0 Å². The van der Waals surface area contributed by atoms with Gasteiger partial charge in [0.2, 0.25) is 18.3 Å². The second kappa shape index (κ2) is 13.1. The maximum absolute atomic E-state index is 12.6. The number of aliphatic carboxylic acids is 1. The van der Waals surface area contributed by atoms with Crippen LogP contribution in [0.15, 0.2) is 29.1 Å². The van der Waals surface area contributed by atoms with Gasteiger partial charge in [0, 0.05) is 37.3 Å². The average Bonchev–Trinajstić information content (AvgIpc) is 2.89. The van der Waals surface area contributed by atoms with E-state index in [1.165, 1.54) is 17.0 Å². The predicted molar refractivity (Wildman–Crippen MR) is 141 cm³/mol. The average molecular weight is 529 g/mol. The highest BCUT2D eigenvalue weighted by atomic mass is 16.4. The standard InChI is InChI=1S/C24H32N8O6/c1-2-3-10-26-18(34)9-8-17(23(37)38)29-21(35)14-4-6-15(7-5-14)27-11-16-12-28-20-19(32(16)13-33)22(36)31-24(25)30-20/h4-7,13,16-17,27H,2-3,8-12H2,1H3,(H,26,34)(H,29,35)(H,37,38)(H4,25,28,30,31,36)/t16?,17-/m0/s1. The Bertz CT molecular complexity index is 1220. The zero-order valence-corrected chi connectivity index (χ0v) is 21.0. The van der Waals surface area contributed by atoms with Crippen molar-refractivity contribution in [3.8, 4) is 0 Å². The van der Waals surface area contributed by atoms with Crippen LogP contribution in [0.1, 0.15) is 43.0 Å². The number of nitrogens with one attached hydrogen (secondary N) is 5. The Morgan fingerprint density at radius 2 is 2.03 bits per heavy atom. The molecule has 2 heterocycles. The molecule has 1 unspecified atom stereocenters. The first-order valence-corrected chi connectivity index (χ1v) is 12.2. The van der Waals surface area contributed by atoms with Gasteiger partial charge in [-0.3, -0.25) is 24.2 Å². The van der Waals surface area contributed by atoms with Crippen molar-refractivity contribution in [2.75, 3.05) is 40.9 Å². The van der Waals surface area contributed by atoms with Crippen molar-refractivity contribution in [3.63, 3.8) is 0 Å². The Hall–Kier alpha value is -4.62. The Kier molecular flexibility index (Phi) is 9.62. The van der Waals surface area contributed by atoms with Crippen LogP contribution in [0, 0.1) is 0 Å². The number of carboxylic acids is 1. The van der Waals surface area contributed by atoms with Gasteiger partial charge in [-0.1, -0.05) is 13.3 Å². The monoisotopic (exact) mass is 528 g/mol. The minimum absolute atomic E-state index is 0.0164. The number of carbonyl (C=O) groups is 4. The molecule has 204 valence electrons. The van der Waals surface area contributed by atoms with Gasteiger partial charge in [-0.25, -0.2) is 4.79 Å². The molecule has 3 rings (SSSR count). The van der Waals surface area contributed by atoms with Crippen LogP contribution in [0.3, 0.4) is 0 Å². The molecule has 0 aliphatic carbocycles. The van der Waals surface area contributed by atoms with Crippen LogP contribution in [-0.2, 0) is 14.4 Å². The van der Waals surface area contributed by atoms with E-state index in [4.69, 9.17) is 5.73 Å². The van der Waals surface area contributed by atoms with E-state index < -0.39 is 29.5 Å². The molecule has 14 nitrogen and oxygen atoms in total. The van der Waals surface area contributed by atoms with Crippen LogP contribution in [-0.4, -0.2) is 71.0 Å². The Morgan fingerprint density at radius 3 is 2.68 bits per heavy atom. The second-order valence-corrected chi connectivity index (χ2v) is 8.76. The first-order chi connectivity index (χ1) is 18.2. The van der Waals surface area contributed by atoms with Gasteiger partial charge in [0.05, 0.1) is 6.04 Å². The summed E-state index contributed by atoms with van der Waals surface area (Å²) in [6.45, 7) is 3.13. The molecular weight excluding hydrogens is 496 g/mol. The van der Waals surface area contributed by atoms with Gasteiger partial charge in [-0.05, 0) is 37.1 Å². The van der Waals surface area contributed by atoms with E-state index in [0.717, 1.165) is 12.8 Å². The minimum atomic E-state index is -1.22. The quantitative estimate of drug-likeness (QED) is 0.138. The van der Waals surface area contributed by atoms with Crippen molar-refractivity contribution in [3.05, 3.63) is 40.2 Å². The third-order valence-electron chi connectivity index (χ3n) is 5.99. The lowest BCUT2D eigenvalue weighted by Gasteiger charge is -2.34. The SMILES string of the molecule is CCCCNC(=O)CC[C@H](NC(=O)c1ccc(NCC2CNc3nc(N)[nH]c(=O)c3N2C=O)cc1)C(=O)O. The van der Waals surface area contributed by atoms with Crippen LogP contribution in [0.2, 0.25) is 0 Å². The number of hydrogen-bond acceptors (Lipinski definition) is 9. The van der Waals surface area contributed by atoms with Crippen LogP contribution >= 0.6 is 0 Å². The molecule has 0 fully saturated rings. The number of aromatic nitrogens is 2. The van der Waals surface area contributed by atoms with Crippen LogP contribution in [0.5, 0.6) is 0 Å². The molecule has 0 radical (unpaired) electrons. The van der Waals surface area contributed by atoms with Crippen molar-refractivity contribution in [2.45, 2.75) is 44.7 Å². The van der Waals surface area contributed by atoms with Crippen molar-refractivity contribution in [2.24, 2.45) is 0 Å². The molecule has 1 aromatic heterocycles. The minimum Gasteiger partial charge on any atom is -0.480 e. The second-order valence-electron chi connectivity index (χ2n) is 8.76. The van der Waals surface area contributed by atoms with E-state index in [0.29, 0.717) is 25.2 Å². The fourth-order valence-electron chi connectivity index (χ4n) is 3.89. The Morgan fingerprint density at radius 1 is 1.29 bits per heavy atom. The number of carbonyl (C=O) groups excluding carboxylic acids is 3. The van der Waals surface area contributed by atoms with E-state index in [1.54, 1.807) is 12.1 Å². The number of nitrogens with zero attached hydrogens (tertiary/aromatic N) is 2. The highest BCUT2D eigenvalue weighted by Gasteiger charge is 2.30. The molecule has 3 amide bonds. The zero-order valence-electron chi connectivity index (χ0n) is 21.0. The Balaban J connectivity index is 1.55. The topological polar surface area (TPSA) is 212 Å². The Labute approximate surface area is 218 Å². The van der Waals surface area contributed by atoms with E-state index in [-0.39, 0.29) is 48.3 Å². The highest BCUT2D eigenvalue weighted by molar-refractivity contribution is 5.97. The van der Waals surface area contributed by atoms with Crippen molar-refractivity contribution in [1.29, 1.82) is 0 Å². The molecular formula is C24H32N8O6. The molecule has 2 atom stereocenters. The van der Waals surface area contributed by atoms with E-state index in [2.05, 4.69) is 31.2 Å². The summed E-state index contributed by atoms with van der Waals surface area (Å²) in [7, 11) is 0. The molecule has 0 saturated carbocycles. The van der Waals surface area contributed by atoms with Crippen LogP contribution in [0.4, 0.5) is 23.1 Å². The number of carboxylic acid groups (broad SMARTS) is 1. The predicted octanol–water partition coefficient (Wildman–Crippen LogP) is 0.101. The number of aromatic amines is 1. The number of nitrogen functional groups attached to an aromatic ring is 1. The molecule has 0 spiro atoms. The summed E-state index contributed by atoms with van der Waals surface area (Å²) in [5.41, 5.74) is 5.98. The number of H-pyrrole nitrogens is 1. The van der Waals surface area contributed by atoms with Gasteiger partial charge in [0.15, 0.2) is 11.5 Å². The van der Waals surface area contributed by atoms with Gasteiger partial charge < -0.3 is 37.0 Å². The van der Waals surface area contributed by atoms with E-state index in [1.807, 2.05) is 6.92 Å². The normalized spacial score (nSPS) is 15.0. The third kappa shape index (κ3) is 7.21. The molecule has 1 aromatic carbocycles. The molecule has 8 N–H and O–H groups in total. The van der Waals surface area contributed by atoms with Gasteiger partial charge in [-0.15, -0.1) is 0 Å². The summed E-state index contributed by atoms with van der Waals surface area (Å²) in [5.74, 6) is -1.90. The number of benzene rings is 1. The largest absolute Gasteiger partial charge is 0.480 e. The fraction of sp³-hybridized carbons (Fsp3) is 0.417. The number of hydrogen-bond donors (Lipinski definition) is 7. The molecule has 2 aromatic rings. The number of unbranched alkanes of at least 4 members (excludes halogenated alkanes) is 1. The zero-order chi connectivity index (χ0) is 27.7. The summed E-state index contributed by atoms with van der Waals surface area (Å²) >= 11 is 0. The fourth-order valence-corrected chi connectivity index (χ4v) is 3.89. The lowest BCUT2D eigenvalue weighted by Crippen LogP contribution is -2.50. The molecule has 0 saturated heterocycles. The van der Waals surface area contributed by atoms with Gasteiger partial charge >= 0.3 is 5.97 Å². The summed E-state index contributed by atoms with van der Waals surface area (Å²) in [6, 6.07) is 4.70. The number of amides is 3. The van der Waals surface area contributed by atoms with E-state index >= 15 is 0 Å². The lowest BCUT2D eigenvalue weighted by molar-refractivity contribution is -0.139. The smallest absolute Gasteiger partial charge is 0.326 e. The van der Waals surface area contributed by atoms with Gasteiger partial charge in [0.25, 0.3) is 11.5 Å². The van der Waals surface area contributed by atoms with Crippen LogP contribution < -0.4 is 37.5 Å². The first-order valence-electron chi connectivity index (χ1n) is 12.2. The molecule has 14 heteroatoms. The summed E-state index contributed by atoms with van der Waals surface area (Å²) in [4.78, 5) is 67.7. The lowest BCUT2D eigenvalue weighted by atomic mass is 10.1.